The van der Waals surface area contributed by atoms with Gasteiger partial charge in [-0.15, -0.1) is 12.4 Å². The van der Waals surface area contributed by atoms with Crippen LogP contribution in [0.2, 0.25) is 0 Å². The van der Waals surface area contributed by atoms with Crippen LogP contribution < -0.4 is 14.8 Å². The van der Waals surface area contributed by atoms with Gasteiger partial charge in [-0.3, -0.25) is 4.98 Å². The van der Waals surface area contributed by atoms with Gasteiger partial charge in [0.2, 0.25) is 0 Å². The fourth-order valence-corrected chi connectivity index (χ4v) is 3.33. The summed E-state index contributed by atoms with van der Waals surface area (Å²) in [7, 11) is 0. The van der Waals surface area contributed by atoms with Crippen LogP contribution in [0, 0.1) is 5.82 Å². The summed E-state index contributed by atoms with van der Waals surface area (Å²) in [6, 6.07) is 16.3. The lowest BCUT2D eigenvalue weighted by Crippen LogP contribution is -2.14. The number of benzene rings is 2. The second kappa shape index (κ2) is 11.8. The van der Waals surface area contributed by atoms with Crippen molar-refractivity contribution in [3.63, 3.8) is 0 Å². The predicted octanol–water partition coefficient (Wildman–Crippen LogP) is 5.67. The molecule has 29 heavy (non-hydrogen) atoms. The molecule has 0 saturated carbocycles. The van der Waals surface area contributed by atoms with Crippen LogP contribution in [0.5, 0.6) is 11.5 Å². The highest BCUT2D eigenvalue weighted by Gasteiger charge is 2.13. The van der Waals surface area contributed by atoms with Crippen LogP contribution in [0.4, 0.5) is 4.39 Å². The Hall–Kier alpha value is -2.15. The number of ether oxygens (including phenoxy) is 2. The van der Waals surface area contributed by atoms with Crippen molar-refractivity contribution in [1.82, 2.24) is 10.3 Å². The molecule has 0 saturated heterocycles. The lowest BCUT2D eigenvalue weighted by atomic mass is 10.2. The Labute approximate surface area is 185 Å². The summed E-state index contributed by atoms with van der Waals surface area (Å²) in [5.41, 5.74) is 2.53. The van der Waals surface area contributed by atoms with Crippen molar-refractivity contribution in [2.75, 3.05) is 6.61 Å². The van der Waals surface area contributed by atoms with E-state index in [1.54, 1.807) is 24.4 Å². The smallest absolute Gasteiger partial charge is 0.175 e. The van der Waals surface area contributed by atoms with Crippen LogP contribution in [0.3, 0.4) is 0 Å². The number of nitrogens with zero attached hydrogens (tertiary/aromatic N) is 1. The molecule has 1 aromatic heterocycles. The van der Waals surface area contributed by atoms with Gasteiger partial charge in [-0.1, -0.05) is 24.3 Å². The van der Waals surface area contributed by atoms with Gasteiger partial charge in [0.25, 0.3) is 0 Å². The van der Waals surface area contributed by atoms with Gasteiger partial charge in [-0.2, -0.15) is 0 Å². The van der Waals surface area contributed by atoms with E-state index >= 15 is 0 Å². The van der Waals surface area contributed by atoms with Gasteiger partial charge in [-0.25, -0.2) is 4.39 Å². The minimum atomic E-state index is -0.285. The molecule has 7 heteroatoms. The van der Waals surface area contributed by atoms with E-state index in [4.69, 9.17) is 9.47 Å². The van der Waals surface area contributed by atoms with Crippen molar-refractivity contribution in [2.45, 2.75) is 26.6 Å². The Morgan fingerprint density at radius 2 is 1.83 bits per heavy atom. The summed E-state index contributed by atoms with van der Waals surface area (Å²) in [6.07, 6.45) is 1.78. The number of hydrogen-bond acceptors (Lipinski definition) is 4. The van der Waals surface area contributed by atoms with Crippen LogP contribution in [0.15, 0.2) is 65.3 Å². The number of hydrogen-bond donors (Lipinski definition) is 1. The maximum Gasteiger partial charge on any atom is 0.175 e. The highest BCUT2D eigenvalue weighted by Crippen LogP contribution is 2.37. The molecule has 0 aliphatic carbocycles. The third-order valence-corrected chi connectivity index (χ3v) is 4.65. The molecule has 0 spiro atoms. The highest BCUT2D eigenvalue weighted by atomic mass is 79.9. The first-order chi connectivity index (χ1) is 13.7. The van der Waals surface area contributed by atoms with E-state index in [1.165, 1.54) is 6.07 Å². The topological polar surface area (TPSA) is 43.4 Å². The average molecular weight is 482 g/mol. The van der Waals surface area contributed by atoms with Crippen molar-refractivity contribution in [2.24, 2.45) is 0 Å². The summed E-state index contributed by atoms with van der Waals surface area (Å²) in [5.74, 6) is 0.911. The molecule has 154 valence electrons. The molecule has 0 fully saturated rings. The second-order valence-corrected chi connectivity index (χ2v) is 7.00. The molecular weight excluding hydrogens is 459 g/mol. The average Bonchev–Trinajstić information content (AvgIpc) is 2.70. The summed E-state index contributed by atoms with van der Waals surface area (Å²) in [6.45, 7) is 3.88. The Morgan fingerprint density at radius 3 is 2.55 bits per heavy atom. The molecule has 0 aliphatic heterocycles. The molecule has 0 atom stereocenters. The number of nitrogens with one attached hydrogen (secondary N) is 1. The number of halogens is 3. The Morgan fingerprint density at radius 1 is 1.03 bits per heavy atom. The maximum atomic E-state index is 13.8. The maximum absolute atomic E-state index is 13.8. The standard InChI is InChI=1S/C22H22BrFN2O2.ClH/c1-2-27-21-12-16(13-25-14-18-8-5-6-10-26-18)11-19(23)22(21)28-15-17-7-3-4-9-20(17)24;/h3-12,25H,2,13-15H2,1H3;1H. The van der Waals surface area contributed by atoms with E-state index in [0.717, 1.165) is 15.7 Å². The molecule has 1 heterocycles. The minimum Gasteiger partial charge on any atom is -0.490 e. The molecular formula is C22H23BrClFN2O2. The summed E-state index contributed by atoms with van der Waals surface area (Å²) < 4.78 is 26.2. The van der Waals surface area contributed by atoms with Crippen molar-refractivity contribution in [3.8, 4) is 11.5 Å². The van der Waals surface area contributed by atoms with Crippen molar-refractivity contribution in [3.05, 3.63) is 87.9 Å². The monoisotopic (exact) mass is 480 g/mol. The summed E-state index contributed by atoms with van der Waals surface area (Å²) in [5, 5.41) is 3.37. The van der Waals surface area contributed by atoms with Crippen molar-refractivity contribution in [1.29, 1.82) is 0 Å². The first-order valence-electron chi connectivity index (χ1n) is 9.09. The number of aromatic nitrogens is 1. The third-order valence-electron chi connectivity index (χ3n) is 4.06. The van der Waals surface area contributed by atoms with E-state index in [2.05, 4.69) is 26.2 Å². The van der Waals surface area contributed by atoms with Crippen LogP contribution in [0.25, 0.3) is 0 Å². The summed E-state index contributed by atoms with van der Waals surface area (Å²) >= 11 is 3.56. The Balaban J connectivity index is 0.00000300. The number of pyridine rings is 1. The van der Waals surface area contributed by atoms with Gasteiger partial charge in [0.15, 0.2) is 11.5 Å². The lowest BCUT2D eigenvalue weighted by molar-refractivity contribution is 0.264. The fraction of sp³-hybridized carbons (Fsp3) is 0.227. The largest absolute Gasteiger partial charge is 0.490 e. The number of rotatable bonds is 9. The van der Waals surface area contributed by atoms with E-state index in [0.29, 0.717) is 36.8 Å². The molecule has 0 radical (unpaired) electrons. The minimum absolute atomic E-state index is 0. The molecule has 1 N–H and O–H groups in total. The molecule has 3 rings (SSSR count). The molecule has 0 amide bonds. The van der Waals surface area contributed by atoms with E-state index in [1.807, 2.05) is 37.3 Å². The van der Waals surface area contributed by atoms with Gasteiger partial charge in [0.1, 0.15) is 12.4 Å². The molecule has 0 aliphatic rings. The molecule has 4 nitrogen and oxygen atoms in total. The predicted molar refractivity (Wildman–Crippen MR) is 118 cm³/mol. The molecule has 0 bridgehead atoms. The Kier molecular flexibility index (Phi) is 9.38. The van der Waals surface area contributed by atoms with E-state index in [9.17, 15) is 4.39 Å². The van der Waals surface area contributed by atoms with Gasteiger partial charge in [-0.05, 0) is 58.7 Å². The van der Waals surface area contributed by atoms with E-state index < -0.39 is 0 Å². The zero-order chi connectivity index (χ0) is 19.8. The van der Waals surface area contributed by atoms with Gasteiger partial charge in [0, 0.05) is 24.8 Å². The van der Waals surface area contributed by atoms with Crippen LogP contribution >= 0.6 is 28.3 Å². The lowest BCUT2D eigenvalue weighted by Gasteiger charge is -2.16. The van der Waals surface area contributed by atoms with Crippen LogP contribution in [-0.2, 0) is 19.7 Å². The highest BCUT2D eigenvalue weighted by molar-refractivity contribution is 9.10. The molecule has 0 unspecified atom stereocenters. The zero-order valence-corrected chi connectivity index (χ0v) is 18.4. The first kappa shape index (κ1) is 23.1. The van der Waals surface area contributed by atoms with Gasteiger partial charge < -0.3 is 14.8 Å². The van der Waals surface area contributed by atoms with Gasteiger partial charge in [0.05, 0.1) is 16.8 Å². The fourth-order valence-electron chi connectivity index (χ4n) is 2.73. The van der Waals surface area contributed by atoms with Crippen LogP contribution in [0.1, 0.15) is 23.7 Å². The normalized spacial score (nSPS) is 10.3. The first-order valence-corrected chi connectivity index (χ1v) is 9.88. The SMILES string of the molecule is CCOc1cc(CNCc2ccccn2)cc(Br)c1OCc1ccccc1F.Cl. The van der Waals surface area contributed by atoms with E-state index in [-0.39, 0.29) is 24.8 Å². The van der Waals surface area contributed by atoms with Gasteiger partial charge >= 0.3 is 0 Å². The van der Waals surface area contributed by atoms with Crippen molar-refractivity contribution < 1.29 is 13.9 Å². The van der Waals surface area contributed by atoms with Crippen LogP contribution in [-0.4, -0.2) is 11.6 Å². The quantitative estimate of drug-likeness (QED) is 0.427. The zero-order valence-electron chi connectivity index (χ0n) is 16.0. The third kappa shape index (κ3) is 6.70. The summed E-state index contributed by atoms with van der Waals surface area (Å²) in [4.78, 5) is 4.30. The Bertz CT molecular complexity index is 913. The molecule has 2 aromatic carbocycles. The molecule has 3 aromatic rings. The van der Waals surface area contributed by atoms with Crippen molar-refractivity contribution >= 4 is 28.3 Å². The second-order valence-electron chi connectivity index (χ2n) is 6.14.